The molecule has 0 fully saturated rings. The van der Waals surface area contributed by atoms with Crippen molar-refractivity contribution in [2.75, 3.05) is 25.3 Å². The smallest absolute Gasteiger partial charge is 0.348 e. The number of thioether (sulfide) groups is 1. The molecule has 3 aromatic rings. The van der Waals surface area contributed by atoms with Gasteiger partial charge in [0, 0.05) is 17.6 Å². The molecule has 9 nitrogen and oxygen atoms in total. The number of aromatic nitrogens is 3. The first-order chi connectivity index (χ1) is 15.3. The Morgan fingerprint density at radius 1 is 1.19 bits per heavy atom. The molecule has 0 atom stereocenters. The number of anilines is 1. The molecular weight excluding hydrogens is 476 g/mol. The second kappa shape index (κ2) is 10.2. The molecule has 0 saturated heterocycles. The van der Waals surface area contributed by atoms with Crippen LogP contribution in [0, 0.1) is 6.92 Å². The van der Waals surface area contributed by atoms with Crippen molar-refractivity contribution in [1.82, 2.24) is 14.8 Å². The molecule has 32 heavy (non-hydrogen) atoms. The Morgan fingerprint density at radius 3 is 2.56 bits per heavy atom. The highest BCUT2D eigenvalue weighted by Gasteiger charge is 2.27. The van der Waals surface area contributed by atoms with Crippen LogP contribution in [0.15, 0.2) is 29.4 Å². The van der Waals surface area contributed by atoms with E-state index in [0.29, 0.717) is 21.6 Å². The first-order valence-electron chi connectivity index (χ1n) is 9.14. The number of amides is 1. The van der Waals surface area contributed by atoms with Gasteiger partial charge in [-0.15, -0.1) is 21.5 Å². The molecule has 0 aliphatic carbocycles. The van der Waals surface area contributed by atoms with Crippen LogP contribution in [-0.4, -0.2) is 52.6 Å². The van der Waals surface area contributed by atoms with Crippen LogP contribution in [0.3, 0.4) is 0 Å². The van der Waals surface area contributed by atoms with Crippen LogP contribution in [0.5, 0.6) is 0 Å². The molecule has 2 heterocycles. The number of halogens is 1. The van der Waals surface area contributed by atoms with E-state index in [1.165, 1.54) is 26.0 Å². The van der Waals surface area contributed by atoms with E-state index in [9.17, 15) is 14.4 Å². The monoisotopic (exact) mass is 494 g/mol. The fraction of sp³-hybridized carbons (Fsp3) is 0.250. The molecule has 0 radical (unpaired) electrons. The van der Waals surface area contributed by atoms with Crippen molar-refractivity contribution in [3.8, 4) is 11.4 Å². The standard InChI is InChI=1S/C20H19ClN4O5S2/c1-10-14(18(27)29-3)17(32-15(10)19(28)30-4)22-13(26)9-31-20-24-23-16(25(20)2)11-6-5-7-12(21)8-11/h5-8H,9H2,1-4H3,(H,22,26). The van der Waals surface area contributed by atoms with Gasteiger partial charge in [-0.05, 0) is 24.6 Å². The van der Waals surface area contributed by atoms with Crippen LogP contribution in [0.4, 0.5) is 5.00 Å². The molecule has 168 valence electrons. The summed E-state index contributed by atoms with van der Waals surface area (Å²) in [4.78, 5) is 37.0. The van der Waals surface area contributed by atoms with Crippen LogP contribution in [0.25, 0.3) is 11.4 Å². The molecule has 0 bridgehead atoms. The number of carbonyl (C=O) groups is 3. The van der Waals surface area contributed by atoms with Crippen LogP contribution in [-0.2, 0) is 21.3 Å². The van der Waals surface area contributed by atoms with Gasteiger partial charge in [0.15, 0.2) is 11.0 Å². The Hall–Kier alpha value is -2.89. The van der Waals surface area contributed by atoms with Crippen molar-refractivity contribution in [3.05, 3.63) is 45.3 Å². The average molecular weight is 495 g/mol. The molecule has 1 aromatic carbocycles. The molecule has 3 rings (SSSR count). The highest BCUT2D eigenvalue weighted by molar-refractivity contribution is 7.99. The third kappa shape index (κ3) is 4.95. The van der Waals surface area contributed by atoms with Crippen molar-refractivity contribution in [1.29, 1.82) is 0 Å². The lowest BCUT2D eigenvalue weighted by molar-refractivity contribution is -0.113. The summed E-state index contributed by atoms with van der Waals surface area (Å²) in [6, 6.07) is 7.22. The molecule has 0 aliphatic rings. The predicted octanol–water partition coefficient (Wildman–Crippen LogP) is 3.81. The van der Waals surface area contributed by atoms with Crippen molar-refractivity contribution >= 4 is 57.5 Å². The second-order valence-electron chi connectivity index (χ2n) is 6.46. The number of ether oxygens (including phenoxy) is 2. The van der Waals surface area contributed by atoms with Gasteiger partial charge in [0.2, 0.25) is 5.91 Å². The zero-order valence-electron chi connectivity index (χ0n) is 17.6. The zero-order chi connectivity index (χ0) is 23.4. The van der Waals surface area contributed by atoms with Gasteiger partial charge in [-0.3, -0.25) is 4.79 Å². The van der Waals surface area contributed by atoms with Crippen LogP contribution < -0.4 is 5.32 Å². The highest BCUT2D eigenvalue weighted by Crippen LogP contribution is 2.34. The van der Waals surface area contributed by atoms with Gasteiger partial charge >= 0.3 is 11.9 Å². The summed E-state index contributed by atoms with van der Waals surface area (Å²) < 4.78 is 11.3. The second-order valence-corrected chi connectivity index (χ2v) is 8.86. The van der Waals surface area contributed by atoms with Crippen LogP contribution in [0.2, 0.25) is 5.02 Å². The lowest BCUT2D eigenvalue weighted by atomic mass is 10.1. The quantitative estimate of drug-likeness (QED) is 0.389. The number of nitrogens with one attached hydrogen (secondary N) is 1. The summed E-state index contributed by atoms with van der Waals surface area (Å²) >= 11 is 8.18. The maximum atomic E-state index is 12.6. The van der Waals surface area contributed by atoms with E-state index < -0.39 is 11.9 Å². The molecule has 12 heteroatoms. The minimum Gasteiger partial charge on any atom is -0.465 e. The molecule has 1 amide bonds. The summed E-state index contributed by atoms with van der Waals surface area (Å²) in [5, 5.41) is 12.3. The van der Waals surface area contributed by atoms with Gasteiger partial charge in [-0.2, -0.15) is 0 Å². The number of methoxy groups -OCH3 is 2. The normalized spacial score (nSPS) is 10.7. The largest absolute Gasteiger partial charge is 0.465 e. The van der Waals surface area contributed by atoms with Gasteiger partial charge < -0.3 is 19.4 Å². The fourth-order valence-corrected chi connectivity index (χ4v) is 4.88. The number of hydrogen-bond donors (Lipinski definition) is 1. The minimum atomic E-state index is -0.656. The first-order valence-corrected chi connectivity index (χ1v) is 11.3. The first kappa shape index (κ1) is 23.8. The lowest BCUT2D eigenvalue weighted by Crippen LogP contribution is -2.16. The number of esters is 2. The van der Waals surface area contributed by atoms with E-state index in [4.69, 9.17) is 21.1 Å². The van der Waals surface area contributed by atoms with Crippen LogP contribution in [0.1, 0.15) is 25.6 Å². The Morgan fingerprint density at radius 2 is 1.91 bits per heavy atom. The fourth-order valence-electron chi connectivity index (χ4n) is 2.85. The molecule has 0 saturated carbocycles. The molecule has 2 aromatic heterocycles. The van der Waals surface area contributed by atoms with Gasteiger partial charge in [-0.25, -0.2) is 9.59 Å². The maximum Gasteiger partial charge on any atom is 0.348 e. The van der Waals surface area contributed by atoms with Crippen molar-refractivity contribution in [3.63, 3.8) is 0 Å². The third-order valence-electron chi connectivity index (χ3n) is 4.41. The van der Waals surface area contributed by atoms with E-state index in [-0.39, 0.29) is 27.1 Å². The third-order valence-corrected chi connectivity index (χ3v) is 6.85. The minimum absolute atomic E-state index is 0.00658. The number of nitrogens with zero attached hydrogens (tertiary/aromatic N) is 3. The van der Waals surface area contributed by atoms with E-state index in [1.54, 1.807) is 30.7 Å². The maximum absolute atomic E-state index is 12.6. The molecule has 1 N–H and O–H groups in total. The average Bonchev–Trinajstić information content (AvgIpc) is 3.30. The number of carbonyl (C=O) groups excluding carboxylic acids is 3. The van der Waals surface area contributed by atoms with Crippen molar-refractivity contribution < 1.29 is 23.9 Å². The number of hydrogen-bond acceptors (Lipinski definition) is 9. The van der Waals surface area contributed by atoms with Gasteiger partial charge in [0.1, 0.15) is 9.88 Å². The molecular formula is C20H19ClN4O5S2. The van der Waals surface area contributed by atoms with E-state index >= 15 is 0 Å². The Bertz CT molecular complexity index is 1190. The summed E-state index contributed by atoms with van der Waals surface area (Å²) in [5.41, 5.74) is 1.31. The van der Waals surface area contributed by atoms with Gasteiger partial charge in [0.05, 0.1) is 25.5 Å². The zero-order valence-corrected chi connectivity index (χ0v) is 20.0. The molecule has 0 spiro atoms. The topological polar surface area (TPSA) is 112 Å². The Balaban J connectivity index is 1.75. The number of thiophene rings is 1. The predicted molar refractivity (Wildman–Crippen MR) is 123 cm³/mol. The van der Waals surface area contributed by atoms with Gasteiger partial charge in [-0.1, -0.05) is 35.5 Å². The van der Waals surface area contributed by atoms with Crippen molar-refractivity contribution in [2.45, 2.75) is 12.1 Å². The summed E-state index contributed by atoms with van der Waals surface area (Å²) in [6.45, 7) is 1.59. The Labute approximate surface area is 197 Å². The summed E-state index contributed by atoms with van der Waals surface area (Å²) in [5.74, 6) is -1.02. The van der Waals surface area contributed by atoms with E-state index in [1.807, 2.05) is 12.1 Å². The molecule has 0 aliphatic heterocycles. The van der Waals surface area contributed by atoms with E-state index in [2.05, 4.69) is 15.5 Å². The van der Waals surface area contributed by atoms with Crippen molar-refractivity contribution in [2.24, 2.45) is 7.05 Å². The number of rotatable bonds is 7. The van der Waals surface area contributed by atoms with Crippen LogP contribution >= 0.6 is 34.7 Å². The SMILES string of the molecule is COC(=O)c1sc(NC(=O)CSc2nnc(-c3cccc(Cl)c3)n2C)c(C(=O)OC)c1C. The summed E-state index contributed by atoms with van der Waals surface area (Å²) in [7, 11) is 4.26. The Kier molecular flexibility index (Phi) is 7.54. The number of benzene rings is 1. The summed E-state index contributed by atoms with van der Waals surface area (Å²) in [6.07, 6.45) is 0. The lowest BCUT2D eigenvalue weighted by Gasteiger charge is -2.06. The molecule has 0 unspecified atom stereocenters. The highest BCUT2D eigenvalue weighted by atomic mass is 35.5. The van der Waals surface area contributed by atoms with Gasteiger partial charge in [0.25, 0.3) is 0 Å². The van der Waals surface area contributed by atoms with E-state index in [0.717, 1.165) is 16.9 Å².